The number of hydrogen-bond acceptors (Lipinski definition) is 12. The lowest BCUT2D eigenvalue weighted by molar-refractivity contribution is -0.118. The van der Waals surface area contributed by atoms with Gasteiger partial charge in [0.25, 0.3) is 40.5 Å². The largest absolute Gasteiger partial charge is 0.352 e. The molecule has 0 radical (unpaired) electrons. The van der Waals surface area contributed by atoms with Gasteiger partial charge < -0.3 is 21.3 Å². The van der Waals surface area contributed by atoms with Gasteiger partial charge in [0.15, 0.2) is 0 Å². The fourth-order valence-electron chi connectivity index (χ4n) is 3.81. The summed E-state index contributed by atoms with van der Waals surface area (Å²) in [5, 5.41) is 10.4. The van der Waals surface area contributed by atoms with Gasteiger partial charge in [-0.05, 0) is 78.1 Å². The van der Waals surface area contributed by atoms with Crippen LogP contribution in [-0.2, 0) is 59.7 Å². The van der Waals surface area contributed by atoms with Crippen molar-refractivity contribution in [3.63, 3.8) is 0 Å². The molecule has 0 saturated heterocycles. The van der Waals surface area contributed by atoms with E-state index in [-0.39, 0.29) is 70.9 Å². The molecule has 0 aromatic rings. The van der Waals surface area contributed by atoms with Crippen LogP contribution in [-0.4, -0.2) is 124 Å². The van der Waals surface area contributed by atoms with Crippen molar-refractivity contribution < 1.29 is 71.1 Å². The first kappa shape index (κ1) is 63.1. The maximum atomic E-state index is 11.2. The van der Waals surface area contributed by atoms with Gasteiger partial charge in [-0.3, -0.25) is 37.4 Å². The number of carbonyl (C=O) groups is 4. The fourth-order valence-corrected chi connectivity index (χ4v) is 6.55. The number of rotatable bonds is 25. The maximum absolute atomic E-state index is 11.2. The highest BCUT2D eigenvalue weighted by atomic mass is 32.2. The average Bonchev–Trinajstić information content (AvgIpc) is 3.07. The minimum absolute atomic E-state index is 0.00442. The second-order valence-corrected chi connectivity index (χ2v) is 20.4. The SMILES string of the molecule is C=C(C)C(=O)NC(CC)CCS(=O)(=O)O.C=C(C)C(=O)NCC(C)CCS(=O)(=O)O.C=C(C)C(=O)NCCC(C)CS(=O)(=O)O.C=C(C)C(=O)NCCCCCS(=O)(=O)O. The third-order valence-corrected chi connectivity index (χ3v) is 10.7. The van der Waals surface area contributed by atoms with Gasteiger partial charge in [0.2, 0.25) is 23.6 Å². The van der Waals surface area contributed by atoms with Crippen LogP contribution < -0.4 is 21.3 Å². The number of amides is 4. The molecule has 0 spiro atoms. The highest BCUT2D eigenvalue weighted by molar-refractivity contribution is 7.86. The Hall–Kier alpha value is -3.52. The van der Waals surface area contributed by atoms with Crippen LogP contribution in [0.25, 0.3) is 0 Å². The summed E-state index contributed by atoms with van der Waals surface area (Å²) < 4.78 is 118. The van der Waals surface area contributed by atoms with Crippen LogP contribution in [0.15, 0.2) is 48.6 Å². The van der Waals surface area contributed by atoms with E-state index in [0.29, 0.717) is 80.5 Å². The van der Waals surface area contributed by atoms with Crippen LogP contribution in [0, 0.1) is 11.8 Å². The molecule has 3 atom stereocenters. The van der Waals surface area contributed by atoms with E-state index in [0.717, 1.165) is 0 Å². The Kier molecular flexibility index (Phi) is 33.9. The van der Waals surface area contributed by atoms with Crippen LogP contribution in [0.4, 0.5) is 0 Å². The highest BCUT2D eigenvalue weighted by Crippen LogP contribution is 2.05. The van der Waals surface area contributed by atoms with Crippen molar-refractivity contribution in [2.24, 2.45) is 11.8 Å². The lowest BCUT2D eigenvalue weighted by Gasteiger charge is -2.15. The van der Waals surface area contributed by atoms with Crippen molar-refractivity contribution in [1.29, 1.82) is 0 Å². The third kappa shape index (κ3) is 48.8. The van der Waals surface area contributed by atoms with Gasteiger partial charge in [0, 0.05) is 48.0 Å². The van der Waals surface area contributed by atoms with Gasteiger partial charge in [-0.25, -0.2) is 0 Å². The van der Waals surface area contributed by atoms with E-state index in [1.54, 1.807) is 41.5 Å². The van der Waals surface area contributed by atoms with Crippen molar-refractivity contribution in [1.82, 2.24) is 21.3 Å². The quantitative estimate of drug-likeness (QED) is 0.0371. The normalized spacial score (nSPS) is 12.7. The number of nitrogens with one attached hydrogen (secondary N) is 4. The topological polar surface area (TPSA) is 334 Å². The van der Waals surface area contributed by atoms with Gasteiger partial charge >= 0.3 is 0 Å². The summed E-state index contributed by atoms with van der Waals surface area (Å²) in [4.78, 5) is 44.3. The van der Waals surface area contributed by atoms with E-state index in [4.69, 9.17) is 18.2 Å². The molecule has 0 fully saturated rings. The Labute approximate surface area is 357 Å². The molecule has 8 N–H and O–H groups in total. The summed E-state index contributed by atoms with van der Waals surface area (Å²) in [6.45, 7) is 26.8. The van der Waals surface area contributed by atoms with E-state index in [2.05, 4.69) is 47.6 Å². The van der Waals surface area contributed by atoms with Crippen LogP contribution in [0.2, 0.25) is 0 Å². The van der Waals surface area contributed by atoms with Crippen LogP contribution in [0.3, 0.4) is 0 Å². The molecule has 0 aromatic heterocycles. The molecule has 0 bridgehead atoms. The van der Waals surface area contributed by atoms with E-state index >= 15 is 0 Å². The van der Waals surface area contributed by atoms with Crippen molar-refractivity contribution in [3.05, 3.63) is 48.6 Å². The lowest BCUT2D eigenvalue weighted by atomic mass is 10.1. The predicted octanol–water partition coefficient (Wildman–Crippen LogP) is 2.66. The van der Waals surface area contributed by atoms with Crippen molar-refractivity contribution in [2.45, 2.75) is 99.5 Å². The van der Waals surface area contributed by atoms with Crippen molar-refractivity contribution in [3.8, 4) is 0 Å². The molecule has 60 heavy (non-hydrogen) atoms. The Morgan fingerprint density at radius 2 is 0.900 bits per heavy atom. The monoisotopic (exact) mass is 940 g/mol. The van der Waals surface area contributed by atoms with Gasteiger partial charge in [-0.1, -0.05) is 53.5 Å². The maximum Gasteiger partial charge on any atom is 0.265 e. The zero-order valence-electron chi connectivity index (χ0n) is 35.8. The molecule has 20 nitrogen and oxygen atoms in total. The molecule has 4 amide bonds. The molecule has 0 aliphatic rings. The summed E-state index contributed by atoms with van der Waals surface area (Å²) >= 11 is 0. The molecule has 0 heterocycles. The summed E-state index contributed by atoms with van der Waals surface area (Å²) in [5.41, 5.74) is 1.66. The lowest BCUT2D eigenvalue weighted by Crippen LogP contribution is -2.36. The second-order valence-electron chi connectivity index (χ2n) is 14.2. The first-order chi connectivity index (χ1) is 27.0. The molecular formula is C36H68N4O16S4. The Bertz CT molecular complexity index is 1860. The first-order valence-corrected chi connectivity index (χ1v) is 25.0. The predicted molar refractivity (Wildman–Crippen MR) is 232 cm³/mol. The van der Waals surface area contributed by atoms with Crippen LogP contribution >= 0.6 is 0 Å². The second kappa shape index (κ2) is 32.2. The Morgan fingerprint density at radius 1 is 0.500 bits per heavy atom. The van der Waals surface area contributed by atoms with E-state index < -0.39 is 40.5 Å². The average molecular weight is 941 g/mol. The van der Waals surface area contributed by atoms with Gasteiger partial charge in [-0.15, -0.1) is 0 Å². The van der Waals surface area contributed by atoms with Crippen LogP contribution in [0.5, 0.6) is 0 Å². The zero-order chi connectivity index (χ0) is 48.1. The molecule has 0 rings (SSSR count). The third-order valence-electron chi connectivity index (χ3n) is 7.36. The van der Waals surface area contributed by atoms with Gasteiger partial charge in [0.1, 0.15) is 0 Å². The Morgan fingerprint density at radius 3 is 1.28 bits per heavy atom. The number of hydrogen-bond donors (Lipinski definition) is 8. The molecule has 0 aliphatic carbocycles. The minimum Gasteiger partial charge on any atom is -0.352 e. The minimum atomic E-state index is -3.96. The standard InChI is InChI=1S/4C9H17NO4S/c1-7(2)9(11)10-6-8(3)4-5-15(12,13)14;1-7(2)9(11)10-5-4-8(3)6-15(12,13)14;1-8(2)9(11)10-6-4-3-5-7-15(12,13)14;1-4-8(5-6-15(12,13)14)10-9(11)7(2)3/h2*8H,1,4-6H2,2-3H3,(H,10,11)(H,12,13,14);1,3-7H2,2H3,(H,10,11)(H,12,13,14);8H,2,4-6H2,1,3H3,(H,10,11)(H,12,13,14). The zero-order valence-corrected chi connectivity index (χ0v) is 39.0. The van der Waals surface area contributed by atoms with E-state index in [1.165, 1.54) is 0 Å². The summed E-state index contributed by atoms with van der Waals surface area (Å²) in [6, 6.07) is -0.254. The summed E-state index contributed by atoms with van der Waals surface area (Å²) in [5.74, 6) is -2.29. The number of unbranched alkanes of at least 4 members (excludes halogenated alkanes) is 2. The van der Waals surface area contributed by atoms with E-state index in [1.807, 2.05) is 6.92 Å². The molecule has 0 aromatic carbocycles. The molecular weight excluding hydrogens is 873 g/mol. The van der Waals surface area contributed by atoms with Crippen LogP contribution in [0.1, 0.15) is 93.4 Å². The first-order valence-electron chi connectivity index (χ1n) is 18.6. The smallest absolute Gasteiger partial charge is 0.265 e. The molecule has 0 saturated carbocycles. The molecule has 3 unspecified atom stereocenters. The fraction of sp³-hybridized carbons (Fsp3) is 0.667. The van der Waals surface area contributed by atoms with Crippen molar-refractivity contribution in [2.75, 3.05) is 42.6 Å². The summed E-state index contributed by atoms with van der Waals surface area (Å²) in [7, 11) is -15.6. The summed E-state index contributed by atoms with van der Waals surface area (Å²) in [6.07, 6.45) is 3.36. The highest BCUT2D eigenvalue weighted by Gasteiger charge is 2.15. The van der Waals surface area contributed by atoms with Crippen molar-refractivity contribution >= 4 is 64.1 Å². The Balaban J connectivity index is -0.000000348. The van der Waals surface area contributed by atoms with E-state index in [9.17, 15) is 52.8 Å². The molecule has 352 valence electrons. The molecule has 0 aliphatic heterocycles. The number of carbonyl (C=O) groups excluding carboxylic acids is 4. The van der Waals surface area contributed by atoms with Gasteiger partial charge in [0.05, 0.1) is 23.0 Å². The molecule has 24 heteroatoms. The van der Waals surface area contributed by atoms with Gasteiger partial charge in [-0.2, -0.15) is 33.7 Å².